The van der Waals surface area contributed by atoms with Gasteiger partial charge in [-0.25, -0.2) is 4.98 Å². The summed E-state index contributed by atoms with van der Waals surface area (Å²) in [5, 5.41) is 8.91. The summed E-state index contributed by atoms with van der Waals surface area (Å²) in [7, 11) is 0. The van der Waals surface area contributed by atoms with E-state index in [1.807, 2.05) is 5.38 Å². The van der Waals surface area contributed by atoms with Crippen molar-refractivity contribution in [2.45, 2.75) is 33.2 Å². The molecule has 1 aliphatic rings. The molecule has 2 N–H and O–H groups in total. The van der Waals surface area contributed by atoms with Crippen LogP contribution in [0, 0.1) is 11.8 Å². The minimum absolute atomic E-state index is 0.120. The van der Waals surface area contributed by atoms with Gasteiger partial charge < -0.3 is 10.6 Å². The van der Waals surface area contributed by atoms with E-state index in [-0.39, 0.29) is 17.9 Å². The second-order valence-corrected chi connectivity index (χ2v) is 5.52. The highest BCUT2D eigenvalue weighted by atomic mass is 32.1. The number of rotatable bonds is 5. The average Bonchev–Trinajstić information content (AvgIpc) is 2.84. The molecule has 2 rings (SSSR count). The lowest BCUT2D eigenvalue weighted by atomic mass is 10.3. The maximum atomic E-state index is 11.7. The molecule has 1 aromatic rings. The van der Waals surface area contributed by atoms with Gasteiger partial charge in [-0.05, 0) is 25.8 Å². The zero-order valence-electron chi connectivity index (χ0n) is 10.5. The van der Waals surface area contributed by atoms with Crippen LogP contribution in [0.3, 0.4) is 0 Å². The fourth-order valence-electron chi connectivity index (χ4n) is 1.84. The minimum atomic E-state index is 0.120. The van der Waals surface area contributed by atoms with Crippen LogP contribution in [0.25, 0.3) is 0 Å². The van der Waals surface area contributed by atoms with Crippen LogP contribution in [-0.4, -0.2) is 17.4 Å². The zero-order chi connectivity index (χ0) is 12.4. The molecule has 1 aliphatic carbocycles. The van der Waals surface area contributed by atoms with Crippen LogP contribution in [-0.2, 0) is 4.79 Å². The molecule has 5 heteroatoms. The van der Waals surface area contributed by atoms with Gasteiger partial charge in [0.05, 0.1) is 5.69 Å². The molecule has 3 unspecified atom stereocenters. The first kappa shape index (κ1) is 12.5. The van der Waals surface area contributed by atoms with E-state index in [1.165, 1.54) is 11.3 Å². The van der Waals surface area contributed by atoms with E-state index < -0.39 is 0 Å². The van der Waals surface area contributed by atoms with Crippen molar-refractivity contribution in [1.82, 2.24) is 10.3 Å². The Kier molecular flexibility index (Phi) is 3.79. The predicted octanol–water partition coefficient (Wildman–Crippen LogP) is 2.41. The lowest BCUT2D eigenvalue weighted by Crippen LogP contribution is -2.18. The molecule has 0 aliphatic heterocycles. The Morgan fingerprint density at radius 2 is 2.41 bits per heavy atom. The van der Waals surface area contributed by atoms with Crippen molar-refractivity contribution in [3.05, 3.63) is 11.1 Å². The number of carbonyl (C=O) groups is 1. The van der Waals surface area contributed by atoms with Crippen LogP contribution in [0.2, 0.25) is 0 Å². The topological polar surface area (TPSA) is 54.0 Å². The lowest BCUT2D eigenvalue weighted by Gasteiger charge is -2.08. The van der Waals surface area contributed by atoms with E-state index in [1.54, 1.807) is 0 Å². The van der Waals surface area contributed by atoms with Crippen molar-refractivity contribution >= 4 is 22.4 Å². The Hall–Kier alpha value is -0.940. The predicted molar refractivity (Wildman–Crippen MR) is 70.1 cm³/mol. The number of hydrogen-bond acceptors (Lipinski definition) is 4. The number of aromatic nitrogens is 1. The molecule has 1 fully saturated rings. The Morgan fingerprint density at radius 1 is 1.71 bits per heavy atom. The van der Waals surface area contributed by atoms with Crippen molar-refractivity contribution < 1.29 is 4.79 Å². The van der Waals surface area contributed by atoms with Crippen LogP contribution in [0.1, 0.15) is 38.9 Å². The van der Waals surface area contributed by atoms with Gasteiger partial charge in [0.25, 0.3) is 0 Å². The molecule has 0 saturated heterocycles. The van der Waals surface area contributed by atoms with Crippen molar-refractivity contribution in [3.63, 3.8) is 0 Å². The molecule has 1 heterocycles. The van der Waals surface area contributed by atoms with Gasteiger partial charge in [-0.3, -0.25) is 4.79 Å². The molecule has 17 heavy (non-hydrogen) atoms. The van der Waals surface area contributed by atoms with Crippen LogP contribution in [0.5, 0.6) is 0 Å². The van der Waals surface area contributed by atoms with E-state index in [0.717, 1.165) is 18.7 Å². The molecule has 0 bridgehead atoms. The maximum Gasteiger partial charge on any atom is 0.229 e. The summed E-state index contributed by atoms with van der Waals surface area (Å²) in [6.45, 7) is 7.16. The second-order valence-electron chi connectivity index (χ2n) is 4.67. The first-order chi connectivity index (χ1) is 8.11. The molecule has 4 nitrogen and oxygen atoms in total. The second kappa shape index (κ2) is 5.14. The van der Waals surface area contributed by atoms with Gasteiger partial charge in [0.15, 0.2) is 5.13 Å². The maximum absolute atomic E-state index is 11.7. The molecular weight excluding hydrogens is 234 g/mol. The fraction of sp³-hybridized carbons (Fsp3) is 0.667. The third kappa shape index (κ3) is 3.04. The van der Waals surface area contributed by atoms with E-state index in [4.69, 9.17) is 0 Å². The smallest absolute Gasteiger partial charge is 0.229 e. The van der Waals surface area contributed by atoms with Gasteiger partial charge in [-0.2, -0.15) is 0 Å². The summed E-state index contributed by atoms with van der Waals surface area (Å²) in [5.41, 5.74) is 0.996. The normalized spacial score (nSPS) is 24.4. The Labute approximate surface area is 106 Å². The third-order valence-corrected chi connectivity index (χ3v) is 3.93. The number of nitrogens with one attached hydrogen (secondary N) is 2. The van der Waals surface area contributed by atoms with Gasteiger partial charge in [0.1, 0.15) is 0 Å². The monoisotopic (exact) mass is 253 g/mol. The van der Waals surface area contributed by atoms with Crippen molar-refractivity contribution in [2.75, 3.05) is 11.9 Å². The van der Waals surface area contributed by atoms with Crippen molar-refractivity contribution in [2.24, 2.45) is 11.8 Å². The van der Waals surface area contributed by atoms with Crippen LogP contribution in [0.4, 0.5) is 5.13 Å². The molecule has 3 atom stereocenters. The van der Waals surface area contributed by atoms with Gasteiger partial charge in [0, 0.05) is 17.3 Å². The molecule has 94 valence electrons. The zero-order valence-corrected chi connectivity index (χ0v) is 11.3. The van der Waals surface area contributed by atoms with Crippen molar-refractivity contribution in [1.29, 1.82) is 0 Å². The molecular formula is C12H19N3OS. The molecule has 1 amide bonds. The Balaban J connectivity index is 1.91. The third-order valence-electron chi connectivity index (χ3n) is 3.15. The highest BCUT2D eigenvalue weighted by Crippen LogP contribution is 2.38. The van der Waals surface area contributed by atoms with E-state index in [2.05, 4.69) is 36.4 Å². The van der Waals surface area contributed by atoms with Gasteiger partial charge in [-0.15, -0.1) is 11.3 Å². The summed E-state index contributed by atoms with van der Waals surface area (Å²) < 4.78 is 0. The summed E-state index contributed by atoms with van der Waals surface area (Å²) in [6, 6.07) is 0.238. The summed E-state index contributed by atoms with van der Waals surface area (Å²) in [6.07, 6.45) is 1.01. The van der Waals surface area contributed by atoms with Crippen LogP contribution >= 0.6 is 11.3 Å². The number of hydrogen-bond donors (Lipinski definition) is 2. The number of thiazole rings is 1. The van der Waals surface area contributed by atoms with E-state index >= 15 is 0 Å². The largest absolute Gasteiger partial charge is 0.309 e. The summed E-state index contributed by atoms with van der Waals surface area (Å²) in [5.74, 6) is 0.859. The first-order valence-electron chi connectivity index (χ1n) is 6.11. The molecule has 1 aromatic heterocycles. The summed E-state index contributed by atoms with van der Waals surface area (Å²) >= 11 is 1.50. The van der Waals surface area contributed by atoms with E-state index in [0.29, 0.717) is 11.0 Å². The highest BCUT2D eigenvalue weighted by molar-refractivity contribution is 7.13. The quantitative estimate of drug-likeness (QED) is 0.847. The van der Waals surface area contributed by atoms with Crippen LogP contribution < -0.4 is 10.6 Å². The Bertz CT molecular complexity index is 404. The van der Waals surface area contributed by atoms with Gasteiger partial charge in [0.2, 0.25) is 5.91 Å². The average molecular weight is 253 g/mol. The Morgan fingerprint density at radius 3 is 3.00 bits per heavy atom. The molecule has 0 spiro atoms. The van der Waals surface area contributed by atoms with Crippen LogP contribution in [0.15, 0.2) is 5.38 Å². The molecule has 1 saturated carbocycles. The number of carbonyl (C=O) groups excluding carboxylic acids is 1. The van der Waals surface area contributed by atoms with Gasteiger partial charge in [-0.1, -0.05) is 13.8 Å². The SMILES string of the molecule is CCNC(C)c1csc(NC(=O)C2CC2C)n1. The number of anilines is 1. The minimum Gasteiger partial charge on any atom is -0.309 e. The van der Waals surface area contributed by atoms with E-state index in [9.17, 15) is 4.79 Å². The van der Waals surface area contributed by atoms with Crippen molar-refractivity contribution in [3.8, 4) is 0 Å². The molecule has 0 aromatic carbocycles. The first-order valence-corrected chi connectivity index (χ1v) is 6.99. The fourth-order valence-corrected chi connectivity index (χ4v) is 2.65. The standard InChI is InChI=1S/C12H19N3OS/c1-4-13-8(3)10-6-17-12(14-10)15-11(16)9-5-7(9)2/h6-9,13H,4-5H2,1-3H3,(H,14,15,16). The molecule has 0 radical (unpaired) electrons. The highest BCUT2D eigenvalue weighted by Gasteiger charge is 2.39. The lowest BCUT2D eigenvalue weighted by molar-refractivity contribution is -0.117. The number of nitrogens with zero attached hydrogens (tertiary/aromatic N) is 1. The summed E-state index contributed by atoms with van der Waals surface area (Å²) in [4.78, 5) is 16.2. The number of amides is 1. The van der Waals surface area contributed by atoms with Gasteiger partial charge >= 0.3 is 0 Å².